The number of nitrogens with one attached hydrogen (secondary N) is 1. The molecule has 1 aliphatic heterocycles. The maximum absolute atomic E-state index is 6.17. The number of benzene rings is 1. The van der Waals surface area contributed by atoms with Gasteiger partial charge in [-0.25, -0.2) is 0 Å². The first kappa shape index (κ1) is 12.3. The Labute approximate surface area is 96.4 Å². The average molecular weight is 229 g/mol. The second kappa shape index (κ2) is 4.84. The number of hydrogen-bond acceptors (Lipinski definition) is 3. The third kappa shape index (κ3) is 2.43. The first-order chi connectivity index (χ1) is 6.74. The lowest BCUT2D eigenvalue weighted by Gasteiger charge is -2.39. The van der Waals surface area contributed by atoms with Crippen LogP contribution in [0.2, 0.25) is 0 Å². The molecular weight excluding hydrogens is 212 g/mol. The Morgan fingerprint density at radius 1 is 1.47 bits per heavy atom. The summed E-state index contributed by atoms with van der Waals surface area (Å²) in [6.45, 7) is 4.38. The molecule has 0 bridgehead atoms. The fraction of sp³-hybridized carbons (Fsp3) is 0.455. The molecule has 0 spiro atoms. The van der Waals surface area contributed by atoms with Crippen molar-refractivity contribution in [2.75, 3.05) is 19.7 Å². The van der Waals surface area contributed by atoms with Crippen molar-refractivity contribution >= 4 is 12.4 Å². The quantitative estimate of drug-likeness (QED) is 0.819. The van der Waals surface area contributed by atoms with Crippen LogP contribution in [0.4, 0.5) is 0 Å². The molecule has 1 fully saturated rings. The molecule has 84 valence electrons. The summed E-state index contributed by atoms with van der Waals surface area (Å²) in [4.78, 5) is 0. The van der Waals surface area contributed by atoms with Gasteiger partial charge in [-0.3, -0.25) is 0 Å². The second-order valence-corrected chi connectivity index (χ2v) is 3.72. The summed E-state index contributed by atoms with van der Waals surface area (Å²) in [6, 6.07) is 8.05. The molecule has 0 amide bonds. The Balaban J connectivity index is 0.00000112. The standard InChI is InChI=1S/C11H16N2O.ClH/c1-2-14-10-5-3-4-9(6-10)11(12)7-13-8-11;/h3-6,13H,2,7-8,12H2,1H3;1H. The minimum absolute atomic E-state index is 0. The van der Waals surface area contributed by atoms with Gasteiger partial charge in [-0.05, 0) is 24.6 Å². The third-order valence-corrected chi connectivity index (χ3v) is 2.60. The summed E-state index contributed by atoms with van der Waals surface area (Å²) in [5.41, 5.74) is 7.14. The van der Waals surface area contributed by atoms with Gasteiger partial charge in [0.15, 0.2) is 0 Å². The van der Waals surface area contributed by atoms with E-state index in [-0.39, 0.29) is 17.9 Å². The monoisotopic (exact) mass is 228 g/mol. The van der Waals surface area contributed by atoms with E-state index in [9.17, 15) is 0 Å². The van der Waals surface area contributed by atoms with Crippen LogP contribution in [-0.2, 0) is 5.54 Å². The van der Waals surface area contributed by atoms with E-state index in [2.05, 4.69) is 11.4 Å². The molecule has 2 rings (SSSR count). The van der Waals surface area contributed by atoms with Gasteiger partial charge in [0.1, 0.15) is 5.75 Å². The Morgan fingerprint density at radius 2 is 2.20 bits per heavy atom. The molecule has 0 unspecified atom stereocenters. The zero-order chi connectivity index (χ0) is 10.0. The number of nitrogens with two attached hydrogens (primary N) is 1. The first-order valence-electron chi connectivity index (χ1n) is 4.97. The lowest BCUT2D eigenvalue weighted by atomic mass is 9.85. The lowest BCUT2D eigenvalue weighted by molar-refractivity contribution is 0.284. The van der Waals surface area contributed by atoms with Gasteiger partial charge < -0.3 is 15.8 Å². The highest BCUT2D eigenvalue weighted by Gasteiger charge is 2.34. The number of halogens is 1. The molecule has 0 atom stereocenters. The predicted octanol–water partition coefficient (Wildman–Crippen LogP) is 1.26. The van der Waals surface area contributed by atoms with Crippen LogP contribution < -0.4 is 15.8 Å². The highest BCUT2D eigenvalue weighted by molar-refractivity contribution is 5.85. The van der Waals surface area contributed by atoms with Crippen LogP contribution in [0.3, 0.4) is 0 Å². The predicted molar refractivity (Wildman–Crippen MR) is 63.6 cm³/mol. The maximum atomic E-state index is 6.17. The summed E-state index contributed by atoms with van der Waals surface area (Å²) >= 11 is 0. The fourth-order valence-electron chi connectivity index (χ4n) is 1.66. The van der Waals surface area contributed by atoms with E-state index in [1.165, 1.54) is 0 Å². The normalized spacial score (nSPS) is 17.5. The molecule has 1 aliphatic rings. The number of hydrogen-bond donors (Lipinski definition) is 2. The van der Waals surface area contributed by atoms with Gasteiger partial charge in [-0.1, -0.05) is 12.1 Å². The van der Waals surface area contributed by atoms with Crippen LogP contribution in [0.25, 0.3) is 0 Å². The van der Waals surface area contributed by atoms with Crippen molar-refractivity contribution in [1.29, 1.82) is 0 Å². The van der Waals surface area contributed by atoms with Gasteiger partial charge in [-0.2, -0.15) is 0 Å². The Morgan fingerprint density at radius 3 is 2.73 bits per heavy atom. The first-order valence-corrected chi connectivity index (χ1v) is 4.97. The van der Waals surface area contributed by atoms with Crippen LogP contribution in [0, 0.1) is 0 Å². The highest BCUT2D eigenvalue weighted by Crippen LogP contribution is 2.25. The summed E-state index contributed by atoms with van der Waals surface area (Å²) < 4.78 is 5.43. The number of rotatable bonds is 3. The van der Waals surface area contributed by atoms with E-state index in [1.54, 1.807) is 0 Å². The van der Waals surface area contributed by atoms with Crippen molar-refractivity contribution < 1.29 is 4.74 Å². The smallest absolute Gasteiger partial charge is 0.119 e. The topological polar surface area (TPSA) is 47.3 Å². The van der Waals surface area contributed by atoms with Crippen LogP contribution in [0.1, 0.15) is 12.5 Å². The van der Waals surface area contributed by atoms with Gasteiger partial charge in [0.05, 0.1) is 12.1 Å². The van der Waals surface area contributed by atoms with E-state index in [0.717, 1.165) is 24.4 Å². The van der Waals surface area contributed by atoms with Crippen LogP contribution >= 0.6 is 12.4 Å². The van der Waals surface area contributed by atoms with Gasteiger partial charge >= 0.3 is 0 Å². The van der Waals surface area contributed by atoms with Crippen molar-refractivity contribution in [1.82, 2.24) is 5.32 Å². The largest absolute Gasteiger partial charge is 0.494 e. The Hall–Kier alpha value is -0.770. The molecule has 3 nitrogen and oxygen atoms in total. The summed E-state index contributed by atoms with van der Waals surface area (Å²) in [5, 5.41) is 3.19. The highest BCUT2D eigenvalue weighted by atomic mass is 35.5. The molecular formula is C11H17ClN2O. The van der Waals surface area contributed by atoms with E-state index in [4.69, 9.17) is 10.5 Å². The van der Waals surface area contributed by atoms with Crippen molar-refractivity contribution in [2.24, 2.45) is 5.73 Å². The molecule has 15 heavy (non-hydrogen) atoms. The molecule has 0 aliphatic carbocycles. The average Bonchev–Trinajstić information content (AvgIpc) is 2.15. The van der Waals surface area contributed by atoms with Crippen LogP contribution in [-0.4, -0.2) is 19.7 Å². The van der Waals surface area contributed by atoms with Crippen molar-refractivity contribution in [3.05, 3.63) is 29.8 Å². The van der Waals surface area contributed by atoms with E-state index >= 15 is 0 Å². The molecule has 1 aromatic carbocycles. The lowest BCUT2D eigenvalue weighted by Crippen LogP contribution is -2.62. The fourth-order valence-corrected chi connectivity index (χ4v) is 1.66. The minimum atomic E-state index is -0.187. The molecule has 1 aromatic rings. The van der Waals surface area contributed by atoms with Crippen LogP contribution in [0.15, 0.2) is 24.3 Å². The summed E-state index contributed by atoms with van der Waals surface area (Å²) in [7, 11) is 0. The third-order valence-electron chi connectivity index (χ3n) is 2.60. The minimum Gasteiger partial charge on any atom is -0.494 e. The SMILES string of the molecule is CCOc1cccc(C2(N)CNC2)c1.Cl. The summed E-state index contributed by atoms with van der Waals surface area (Å²) in [6.07, 6.45) is 0. The van der Waals surface area contributed by atoms with E-state index in [1.807, 2.05) is 25.1 Å². The number of ether oxygens (including phenoxy) is 1. The van der Waals surface area contributed by atoms with Crippen molar-refractivity contribution in [3.8, 4) is 5.75 Å². The van der Waals surface area contributed by atoms with Crippen LogP contribution in [0.5, 0.6) is 5.75 Å². The summed E-state index contributed by atoms with van der Waals surface area (Å²) in [5.74, 6) is 0.904. The second-order valence-electron chi connectivity index (χ2n) is 3.72. The van der Waals surface area contributed by atoms with E-state index < -0.39 is 0 Å². The van der Waals surface area contributed by atoms with Gasteiger partial charge in [0.2, 0.25) is 0 Å². The molecule has 0 aromatic heterocycles. The molecule has 4 heteroatoms. The molecule has 3 N–H and O–H groups in total. The Kier molecular flexibility index (Phi) is 3.97. The van der Waals surface area contributed by atoms with E-state index in [0.29, 0.717) is 6.61 Å². The zero-order valence-electron chi connectivity index (χ0n) is 8.82. The molecule has 0 radical (unpaired) electrons. The van der Waals surface area contributed by atoms with Crippen molar-refractivity contribution in [3.63, 3.8) is 0 Å². The molecule has 1 saturated heterocycles. The van der Waals surface area contributed by atoms with Crippen molar-refractivity contribution in [2.45, 2.75) is 12.5 Å². The van der Waals surface area contributed by atoms with Gasteiger partial charge in [-0.15, -0.1) is 12.4 Å². The Bertz CT molecular complexity index is 326. The van der Waals surface area contributed by atoms with Gasteiger partial charge in [0.25, 0.3) is 0 Å². The maximum Gasteiger partial charge on any atom is 0.119 e. The molecule has 1 heterocycles. The zero-order valence-corrected chi connectivity index (χ0v) is 9.64. The molecule has 0 saturated carbocycles. The van der Waals surface area contributed by atoms with Gasteiger partial charge in [0, 0.05) is 13.1 Å².